The molecule has 0 saturated carbocycles. The molecule has 0 N–H and O–H groups in total. The molecule has 0 aliphatic rings. The highest BCUT2D eigenvalue weighted by molar-refractivity contribution is 5.60. The summed E-state index contributed by atoms with van der Waals surface area (Å²) in [5.74, 6) is -4.85. The van der Waals surface area contributed by atoms with Crippen molar-refractivity contribution >= 4 is 6.16 Å². The van der Waals surface area contributed by atoms with Crippen LogP contribution in [-0.4, -0.2) is 37.1 Å². The molecular weight excluding hydrogens is 270 g/mol. The molecule has 0 aliphatic heterocycles. The zero-order chi connectivity index (χ0) is 14.6. The maximum absolute atomic E-state index is 12.7. The Morgan fingerprint density at radius 2 is 1.72 bits per heavy atom. The highest BCUT2D eigenvalue weighted by Crippen LogP contribution is 2.35. The average molecular weight is 282 g/mol. The van der Waals surface area contributed by atoms with E-state index in [1.807, 2.05) is 0 Å². The SMILES string of the molecule is CC[C@H](C)OC(=O)OCC(F)(F)[C@H](F)C(F)(F)F. The minimum Gasteiger partial charge on any atom is -0.431 e. The molecule has 0 radical (unpaired) electrons. The van der Waals surface area contributed by atoms with Crippen molar-refractivity contribution in [3.05, 3.63) is 0 Å². The van der Waals surface area contributed by atoms with Gasteiger partial charge in [-0.25, -0.2) is 9.18 Å². The van der Waals surface area contributed by atoms with E-state index in [4.69, 9.17) is 0 Å². The zero-order valence-corrected chi connectivity index (χ0v) is 9.56. The quantitative estimate of drug-likeness (QED) is 0.572. The van der Waals surface area contributed by atoms with Gasteiger partial charge in [0.2, 0.25) is 0 Å². The molecular formula is C9H12F6O3. The van der Waals surface area contributed by atoms with Gasteiger partial charge in [-0.3, -0.25) is 0 Å². The van der Waals surface area contributed by atoms with Gasteiger partial charge in [-0.1, -0.05) is 6.92 Å². The molecule has 3 nitrogen and oxygen atoms in total. The maximum Gasteiger partial charge on any atom is 0.508 e. The summed E-state index contributed by atoms with van der Waals surface area (Å²) < 4.78 is 80.9. The molecule has 0 bridgehead atoms. The van der Waals surface area contributed by atoms with Crippen LogP contribution in [0.25, 0.3) is 0 Å². The van der Waals surface area contributed by atoms with E-state index < -0.39 is 37.1 Å². The normalized spacial score (nSPS) is 16.0. The first kappa shape index (κ1) is 16.9. The van der Waals surface area contributed by atoms with E-state index in [9.17, 15) is 31.1 Å². The largest absolute Gasteiger partial charge is 0.508 e. The van der Waals surface area contributed by atoms with Crippen molar-refractivity contribution in [2.24, 2.45) is 0 Å². The standard InChI is InChI=1S/C9H12F6O3/c1-3-5(2)18-7(16)17-4-8(11,12)6(10)9(13,14)15/h5-6H,3-4H2,1-2H3/t5-,6-/m0/s1. The third kappa shape index (κ3) is 5.46. The second kappa shape index (κ2) is 6.14. The third-order valence-corrected chi connectivity index (χ3v) is 1.91. The van der Waals surface area contributed by atoms with E-state index in [-0.39, 0.29) is 0 Å². The Balaban J connectivity index is 4.31. The highest BCUT2D eigenvalue weighted by atomic mass is 19.4. The van der Waals surface area contributed by atoms with E-state index in [0.717, 1.165) is 0 Å². The second-order valence-electron chi connectivity index (χ2n) is 3.54. The summed E-state index contributed by atoms with van der Waals surface area (Å²) in [7, 11) is 0. The smallest absolute Gasteiger partial charge is 0.431 e. The van der Waals surface area contributed by atoms with Gasteiger partial charge in [-0.15, -0.1) is 0 Å². The lowest BCUT2D eigenvalue weighted by Gasteiger charge is -2.22. The summed E-state index contributed by atoms with van der Waals surface area (Å²) >= 11 is 0. The van der Waals surface area contributed by atoms with Crippen LogP contribution in [0.5, 0.6) is 0 Å². The van der Waals surface area contributed by atoms with Crippen molar-refractivity contribution in [2.75, 3.05) is 6.61 Å². The van der Waals surface area contributed by atoms with Crippen molar-refractivity contribution < 1.29 is 40.6 Å². The molecule has 108 valence electrons. The van der Waals surface area contributed by atoms with Crippen LogP contribution in [0.2, 0.25) is 0 Å². The Hall–Kier alpha value is -1.15. The predicted octanol–water partition coefficient (Wildman–Crippen LogP) is 3.47. The molecule has 2 atom stereocenters. The molecule has 18 heavy (non-hydrogen) atoms. The van der Waals surface area contributed by atoms with Gasteiger partial charge in [0, 0.05) is 0 Å². The lowest BCUT2D eigenvalue weighted by atomic mass is 10.2. The number of halogens is 6. The van der Waals surface area contributed by atoms with Gasteiger partial charge in [0.05, 0.1) is 0 Å². The van der Waals surface area contributed by atoms with Crippen LogP contribution in [0.1, 0.15) is 20.3 Å². The fourth-order valence-electron chi connectivity index (χ4n) is 0.749. The van der Waals surface area contributed by atoms with Crippen molar-refractivity contribution in [1.29, 1.82) is 0 Å². The van der Waals surface area contributed by atoms with Gasteiger partial charge >= 0.3 is 18.3 Å². The Labute approximate surface area is 99.0 Å². The fourth-order valence-corrected chi connectivity index (χ4v) is 0.749. The van der Waals surface area contributed by atoms with Crippen LogP contribution < -0.4 is 0 Å². The molecule has 0 heterocycles. The molecule has 0 aromatic rings. The number of hydrogen-bond acceptors (Lipinski definition) is 3. The molecule has 9 heteroatoms. The molecule has 0 unspecified atom stereocenters. The molecule has 0 rings (SSSR count). The van der Waals surface area contributed by atoms with Gasteiger partial charge in [0.25, 0.3) is 6.17 Å². The number of ether oxygens (including phenoxy) is 2. The van der Waals surface area contributed by atoms with Crippen LogP contribution in [0, 0.1) is 0 Å². The van der Waals surface area contributed by atoms with Crippen LogP contribution in [0.3, 0.4) is 0 Å². The van der Waals surface area contributed by atoms with Crippen molar-refractivity contribution in [3.63, 3.8) is 0 Å². The monoisotopic (exact) mass is 282 g/mol. The van der Waals surface area contributed by atoms with E-state index >= 15 is 0 Å². The summed E-state index contributed by atoms with van der Waals surface area (Å²) in [6.07, 6.45) is -12.0. The summed E-state index contributed by atoms with van der Waals surface area (Å²) in [4.78, 5) is 10.7. The van der Waals surface area contributed by atoms with Crippen LogP contribution in [0.4, 0.5) is 31.1 Å². The number of hydrogen-bond donors (Lipinski definition) is 0. The summed E-state index contributed by atoms with van der Waals surface area (Å²) in [5, 5.41) is 0. The molecule has 0 aromatic carbocycles. The van der Waals surface area contributed by atoms with Crippen molar-refractivity contribution in [2.45, 2.75) is 44.6 Å². The Morgan fingerprint density at radius 3 is 2.11 bits per heavy atom. The number of alkyl halides is 6. The molecule has 0 fully saturated rings. The lowest BCUT2D eigenvalue weighted by molar-refractivity contribution is -0.252. The maximum atomic E-state index is 12.7. The lowest BCUT2D eigenvalue weighted by Crippen LogP contribution is -2.45. The topological polar surface area (TPSA) is 35.5 Å². The van der Waals surface area contributed by atoms with E-state index in [0.29, 0.717) is 6.42 Å². The minimum atomic E-state index is -5.73. The van der Waals surface area contributed by atoms with E-state index in [2.05, 4.69) is 9.47 Å². The van der Waals surface area contributed by atoms with Crippen molar-refractivity contribution in [1.82, 2.24) is 0 Å². The Morgan fingerprint density at radius 1 is 1.22 bits per heavy atom. The third-order valence-electron chi connectivity index (χ3n) is 1.91. The predicted molar refractivity (Wildman–Crippen MR) is 48.1 cm³/mol. The Bertz CT molecular complexity index is 278. The summed E-state index contributed by atoms with van der Waals surface area (Å²) in [5.41, 5.74) is 0. The van der Waals surface area contributed by atoms with Gasteiger partial charge < -0.3 is 9.47 Å². The average Bonchev–Trinajstić information content (AvgIpc) is 2.24. The van der Waals surface area contributed by atoms with Gasteiger partial charge in [-0.05, 0) is 13.3 Å². The highest BCUT2D eigenvalue weighted by Gasteiger charge is 2.57. The van der Waals surface area contributed by atoms with Crippen LogP contribution >= 0.6 is 0 Å². The van der Waals surface area contributed by atoms with Gasteiger partial charge in [-0.2, -0.15) is 22.0 Å². The number of rotatable bonds is 5. The fraction of sp³-hybridized carbons (Fsp3) is 0.889. The van der Waals surface area contributed by atoms with Crippen LogP contribution in [0.15, 0.2) is 0 Å². The van der Waals surface area contributed by atoms with Gasteiger partial charge in [0.1, 0.15) is 6.10 Å². The molecule has 0 spiro atoms. The molecule has 0 aromatic heterocycles. The minimum absolute atomic E-state index is 0.361. The summed E-state index contributed by atoms with van der Waals surface area (Å²) in [6.45, 7) is 1.00. The molecule has 0 aliphatic carbocycles. The van der Waals surface area contributed by atoms with Crippen LogP contribution in [-0.2, 0) is 9.47 Å². The van der Waals surface area contributed by atoms with E-state index in [1.54, 1.807) is 6.92 Å². The van der Waals surface area contributed by atoms with E-state index in [1.165, 1.54) is 6.92 Å². The first-order valence-electron chi connectivity index (χ1n) is 4.92. The van der Waals surface area contributed by atoms with Gasteiger partial charge in [0.15, 0.2) is 6.61 Å². The Kier molecular flexibility index (Phi) is 5.75. The van der Waals surface area contributed by atoms with Crippen molar-refractivity contribution in [3.8, 4) is 0 Å². The first-order chi connectivity index (χ1) is 8.00. The summed E-state index contributed by atoms with van der Waals surface area (Å²) in [6, 6.07) is 0. The number of carbonyl (C=O) groups is 1. The first-order valence-corrected chi connectivity index (χ1v) is 4.92. The number of carbonyl (C=O) groups excluding carboxylic acids is 1. The molecule has 0 amide bonds. The molecule has 0 saturated heterocycles. The zero-order valence-electron chi connectivity index (χ0n) is 9.56. The second-order valence-corrected chi connectivity index (χ2v) is 3.54.